The molecule has 26 heavy (non-hydrogen) atoms. The first-order valence-corrected chi connectivity index (χ1v) is 8.53. The van der Waals surface area contributed by atoms with E-state index in [1.54, 1.807) is 30.3 Å². The van der Waals surface area contributed by atoms with Crippen molar-refractivity contribution in [2.24, 2.45) is 0 Å². The lowest BCUT2D eigenvalue weighted by atomic mass is 10.2. The van der Waals surface area contributed by atoms with Gasteiger partial charge in [0.1, 0.15) is 11.6 Å². The molecule has 136 valence electrons. The van der Waals surface area contributed by atoms with Crippen molar-refractivity contribution >= 4 is 28.6 Å². The van der Waals surface area contributed by atoms with E-state index in [9.17, 15) is 18.0 Å². The number of benzene rings is 1. The Kier molecular flexibility index (Phi) is 5.17. The molecule has 0 aliphatic rings. The third-order valence-electron chi connectivity index (χ3n) is 3.43. The normalized spacial score (nSPS) is 12.9. The van der Waals surface area contributed by atoms with Crippen LogP contribution in [0.3, 0.4) is 0 Å². The van der Waals surface area contributed by atoms with Gasteiger partial charge in [0.05, 0.1) is 17.0 Å². The fraction of sp³-hybridized carbons (Fsp3) is 0.235. The first kappa shape index (κ1) is 18.2. The Bertz CT molecular complexity index is 913. The summed E-state index contributed by atoms with van der Waals surface area (Å²) in [6.07, 6.45) is -2.96. The van der Waals surface area contributed by atoms with Crippen LogP contribution < -0.4 is 5.32 Å². The van der Waals surface area contributed by atoms with E-state index in [0.717, 1.165) is 11.8 Å². The minimum Gasteiger partial charge on any atom is -0.461 e. The number of rotatable bonds is 5. The third kappa shape index (κ3) is 4.34. The molecule has 1 aromatic carbocycles. The van der Waals surface area contributed by atoms with Crippen molar-refractivity contribution in [3.63, 3.8) is 0 Å². The molecule has 0 aliphatic heterocycles. The Labute approximate surface area is 151 Å². The largest absolute Gasteiger partial charge is 0.461 e. The fourth-order valence-electron chi connectivity index (χ4n) is 2.21. The number of carbonyl (C=O) groups excluding carboxylic acids is 1. The van der Waals surface area contributed by atoms with Gasteiger partial charge in [0.2, 0.25) is 5.91 Å². The first-order valence-electron chi connectivity index (χ1n) is 7.65. The lowest BCUT2D eigenvalue weighted by Crippen LogP contribution is -2.38. The Morgan fingerprint density at radius 2 is 2.00 bits per heavy atom. The fourth-order valence-corrected chi connectivity index (χ4v) is 3.17. The van der Waals surface area contributed by atoms with Gasteiger partial charge in [0, 0.05) is 5.39 Å². The van der Waals surface area contributed by atoms with Crippen LogP contribution in [0.25, 0.3) is 22.5 Å². The summed E-state index contributed by atoms with van der Waals surface area (Å²) < 4.78 is 42.1. The quantitative estimate of drug-likeness (QED) is 0.533. The molecule has 0 fully saturated rings. The number of para-hydroxylation sites is 1. The molecule has 0 aliphatic carbocycles. The van der Waals surface area contributed by atoms with Crippen LogP contribution in [0.5, 0.6) is 0 Å². The van der Waals surface area contributed by atoms with Gasteiger partial charge < -0.3 is 9.73 Å². The average Bonchev–Trinajstić information content (AvgIpc) is 3.13. The van der Waals surface area contributed by atoms with E-state index in [-0.39, 0.29) is 0 Å². The molecule has 5 nitrogen and oxygen atoms in total. The molecule has 0 spiro atoms. The highest BCUT2D eigenvalue weighted by atomic mass is 32.2. The van der Waals surface area contributed by atoms with Crippen molar-refractivity contribution in [1.29, 1.82) is 0 Å². The minimum atomic E-state index is -4.45. The maximum absolute atomic E-state index is 12.3. The van der Waals surface area contributed by atoms with E-state index in [0.29, 0.717) is 27.5 Å². The van der Waals surface area contributed by atoms with Crippen molar-refractivity contribution in [3.8, 4) is 11.6 Å². The molecule has 3 aromatic rings. The SMILES string of the molecule is CC(Sc1nc(-c2ccco2)nc2ccccc12)C(=O)NCC(F)(F)F. The first-order chi connectivity index (χ1) is 12.3. The smallest absolute Gasteiger partial charge is 0.405 e. The summed E-state index contributed by atoms with van der Waals surface area (Å²) >= 11 is 1.07. The van der Waals surface area contributed by atoms with Gasteiger partial charge >= 0.3 is 6.18 Å². The van der Waals surface area contributed by atoms with Crippen molar-refractivity contribution in [3.05, 3.63) is 42.7 Å². The predicted octanol–water partition coefficient (Wildman–Crippen LogP) is 4.05. The van der Waals surface area contributed by atoms with Crippen LogP contribution in [0, 0.1) is 0 Å². The highest BCUT2D eigenvalue weighted by Gasteiger charge is 2.29. The zero-order chi connectivity index (χ0) is 18.7. The molecular formula is C17H14F3N3O2S. The molecule has 2 aromatic heterocycles. The van der Waals surface area contributed by atoms with Crippen LogP contribution in [-0.4, -0.2) is 33.8 Å². The third-order valence-corrected chi connectivity index (χ3v) is 4.53. The summed E-state index contributed by atoms with van der Waals surface area (Å²) in [4.78, 5) is 20.8. The van der Waals surface area contributed by atoms with Gasteiger partial charge in [-0.25, -0.2) is 9.97 Å². The molecule has 1 amide bonds. The summed E-state index contributed by atoms with van der Waals surface area (Å²) in [5.41, 5.74) is 0.652. The van der Waals surface area contributed by atoms with Crippen molar-refractivity contribution in [1.82, 2.24) is 15.3 Å². The number of hydrogen-bond acceptors (Lipinski definition) is 5. The van der Waals surface area contributed by atoms with Crippen LogP contribution in [0.15, 0.2) is 52.1 Å². The maximum atomic E-state index is 12.3. The van der Waals surface area contributed by atoms with Crippen LogP contribution in [0.4, 0.5) is 13.2 Å². The van der Waals surface area contributed by atoms with Gasteiger partial charge in [-0.15, -0.1) is 0 Å². The van der Waals surface area contributed by atoms with E-state index in [1.165, 1.54) is 13.2 Å². The second kappa shape index (κ2) is 7.36. The lowest BCUT2D eigenvalue weighted by molar-refractivity contribution is -0.137. The minimum absolute atomic E-state index is 0.346. The highest BCUT2D eigenvalue weighted by Crippen LogP contribution is 2.31. The molecule has 0 saturated heterocycles. The van der Waals surface area contributed by atoms with E-state index in [2.05, 4.69) is 9.97 Å². The Morgan fingerprint density at radius 3 is 2.69 bits per heavy atom. The molecule has 1 unspecified atom stereocenters. The second-order valence-electron chi connectivity index (χ2n) is 5.44. The van der Waals surface area contributed by atoms with Crippen molar-refractivity contribution < 1.29 is 22.4 Å². The van der Waals surface area contributed by atoms with Gasteiger partial charge in [0.15, 0.2) is 11.6 Å². The number of hydrogen-bond donors (Lipinski definition) is 1. The number of halogens is 3. The average molecular weight is 381 g/mol. The van der Waals surface area contributed by atoms with Crippen LogP contribution in [0.2, 0.25) is 0 Å². The van der Waals surface area contributed by atoms with Gasteiger partial charge in [-0.1, -0.05) is 30.0 Å². The molecule has 3 rings (SSSR count). The van der Waals surface area contributed by atoms with E-state index < -0.39 is 23.9 Å². The van der Waals surface area contributed by atoms with Crippen molar-refractivity contribution in [2.75, 3.05) is 6.54 Å². The molecule has 2 heterocycles. The zero-order valence-electron chi connectivity index (χ0n) is 13.6. The number of furan rings is 1. The van der Waals surface area contributed by atoms with Gasteiger partial charge in [-0.2, -0.15) is 13.2 Å². The number of aromatic nitrogens is 2. The second-order valence-corrected chi connectivity index (χ2v) is 6.77. The summed E-state index contributed by atoms with van der Waals surface area (Å²) in [6.45, 7) is 0.165. The Morgan fingerprint density at radius 1 is 1.23 bits per heavy atom. The Hall–Kier alpha value is -2.55. The molecule has 1 atom stereocenters. The number of alkyl halides is 3. The predicted molar refractivity (Wildman–Crippen MR) is 91.6 cm³/mol. The number of carbonyl (C=O) groups is 1. The number of fused-ring (bicyclic) bond motifs is 1. The summed E-state index contributed by atoms with van der Waals surface area (Å²) in [5, 5.41) is 2.33. The summed E-state index contributed by atoms with van der Waals surface area (Å²) in [5.74, 6) is 0.0976. The van der Waals surface area contributed by atoms with Crippen molar-refractivity contribution in [2.45, 2.75) is 23.4 Å². The topological polar surface area (TPSA) is 68.0 Å². The number of amides is 1. The number of nitrogens with one attached hydrogen (secondary N) is 1. The molecule has 9 heteroatoms. The Balaban J connectivity index is 1.87. The molecular weight excluding hydrogens is 367 g/mol. The van der Waals surface area contributed by atoms with Gasteiger partial charge in [-0.3, -0.25) is 4.79 Å². The number of nitrogens with zero attached hydrogens (tertiary/aromatic N) is 2. The monoisotopic (exact) mass is 381 g/mol. The van der Waals surface area contributed by atoms with Crippen LogP contribution in [0.1, 0.15) is 6.92 Å². The standard InChI is InChI=1S/C17H14F3N3O2S/c1-10(15(24)21-9-17(18,19)20)26-16-11-5-2-3-6-12(11)22-14(23-16)13-7-4-8-25-13/h2-8,10H,9H2,1H3,(H,21,24). The van der Waals surface area contributed by atoms with Crippen LogP contribution >= 0.6 is 11.8 Å². The number of thioether (sulfide) groups is 1. The summed E-state index contributed by atoms with van der Waals surface area (Å²) in [7, 11) is 0. The van der Waals surface area contributed by atoms with Gasteiger partial charge in [-0.05, 0) is 25.1 Å². The summed E-state index contributed by atoms with van der Waals surface area (Å²) in [6, 6.07) is 10.6. The van der Waals surface area contributed by atoms with E-state index in [4.69, 9.17) is 4.42 Å². The maximum Gasteiger partial charge on any atom is 0.405 e. The molecule has 0 saturated carbocycles. The molecule has 0 radical (unpaired) electrons. The lowest BCUT2D eigenvalue weighted by Gasteiger charge is -2.14. The van der Waals surface area contributed by atoms with Crippen LogP contribution in [-0.2, 0) is 4.79 Å². The van der Waals surface area contributed by atoms with E-state index >= 15 is 0 Å². The molecule has 1 N–H and O–H groups in total. The highest BCUT2D eigenvalue weighted by molar-refractivity contribution is 8.00. The van der Waals surface area contributed by atoms with E-state index in [1.807, 2.05) is 11.4 Å². The zero-order valence-corrected chi connectivity index (χ0v) is 14.4. The molecule has 0 bridgehead atoms. The van der Waals surface area contributed by atoms with Gasteiger partial charge in [0.25, 0.3) is 0 Å².